The van der Waals surface area contributed by atoms with E-state index in [-0.39, 0.29) is 0 Å². The summed E-state index contributed by atoms with van der Waals surface area (Å²) in [6.45, 7) is 2.49. The molecule has 1 aromatic carbocycles. The summed E-state index contributed by atoms with van der Waals surface area (Å²) in [6, 6.07) is 12.3. The zero-order chi connectivity index (χ0) is 24.6. The number of unbranched alkanes of at least 4 members (excludes halogenated alkanes) is 1. The zero-order valence-corrected chi connectivity index (χ0v) is 20.2. The largest absolute Gasteiger partial charge is 0.480 e. The van der Waals surface area contributed by atoms with Gasteiger partial charge in [-0.3, -0.25) is 4.79 Å². The quantitative estimate of drug-likeness (QED) is 0.326. The number of benzene rings is 1. The lowest BCUT2D eigenvalue weighted by Gasteiger charge is -2.24. The van der Waals surface area contributed by atoms with Crippen LogP contribution in [0.2, 0.25) is 0 Å². The highest BCUT2D eigenvalue weighted by molar-refractivity contribution is 5.86. The van der Waals surface area contributed by atoms with Gasteiger partial charge in [0, 0.05) is 24.8 Å². The number of carbonyl (C=O) groups excluding carboxylic acids is 1. The van der Waals surface area contributed by atoms with E-state index in [9.17, 15) is 19.8 Å². The highest BCUT2D eigenvalue weighted by atomic mass is 16.4. The summed E-state index contributed by atoms with van der Waals surface area (Å²) in [6.07, 6.45) is 6.40. The molecule has 35 heavy (non-hydrogen) atoms. The summed E-state index contributed by atoms with van der Waals surface area (Å²) in [5.74, 6) is -0.734. The van der Waals surface area contributed by atoms with Crippen LogP contribution in [0.1, 0.15) is 61.4 Å². The van der Waals surface area contributed by atoms with Crippen LogP contribution in [0.4, 0.5) is 5.82 Å². The molecule has 2 aromatic rings. The normalized spacial score (nSPS) is 16.7. The Labute approximate surface area is 206 Å². The van der Waals surface area contributed by atoms with Gasteiger partial charge in [0.1, 0.15) is 11.9 Å². The number of anilines is 1. The van der Waals surface area contributed by atoms with Crippen LogP contribution in [0.15, 0.2) is 42.5 Å². The van der Waals surface area contributed by atoms with Gasteiger partial charge in [0.25, 0.3) is 5.91 Å². The van der Waals surface area contributed by atoms with Crippen LogP contribution in [0.3, 0.4) is 0 Å². The third-order valence-electron chi connectivity index (χ3n) is 6.83. The van der Waals surface area contributed by atoms with E-state index in [4.69, 9.17) is 4.98 Å². The number of amides is 1. The second kappa shape index (κ2) is 12.1. The number of aliphatic carboxylic acids is 1. The van der Waals surface area contributed by atoms with Crippen molar-refractivity contribution in [2.45, 2.75) is 69.6 Å². The van der Waals surface area contributed by atoms with Gasteiger partial charge in [-0.1, -0.05) is 36.4 Å². The first-order valence-corrected chi connectivity index (χ1v) is 12.7. The number of rotatable bonds is 13. The Balaban J connectivity index is 1.23. The van der Waals surface area contributed by atoms with E-state index in [0.717, 1.165) is 69.5 Å². The third-order valence-corrected chi connectivity index (χ3v) is 6.83. The molecule has 1 saturated carbocycles. The maximum atomic E-state index is 12.4. The summed E-state index contributed by atoms with van der Waals surface area (Å²) in [5.41, 5.74) is 2.86. The lowest BCUT2D eigenvalue weighted by Crippen LogP contribution is -2.45. The van der Waals surface area contributed by atoms with Gasteiger partial charge < -0.3 is 25.7 Å². The van der Waals surface area contributed by atoms with Crippen LogP contribution >= 0.6 is 0 Å². The Morgan fingerprint density at radius 1 is 1.11 bits per heavy atom. The molecule has 1 aliphatic heterocycles. The lowest BCUT2D eigenvalue weighted by atomic mass is 10.1. The number of hydrogen-bond acceptors (Lipinski definition) is 6. The van der Waals surface area contributed by atoms with Crippen molar-refractivity contribution in [3.05, 3.63) is 59.3 Å². The molecule has 0 radical (unpaired) electrons. The van der Waals surface area contributed by atoms with Crippen molar-refractivity contribution in [2.24, 2.45) is 0 Å². The fraction of sp³-hybridized carbons (Fsp3) is 0.519. The standard InChI is InChI=1S/C27H36N4O4/c32-24(19-7-2-1-3-8-19)26(33)30-23(27(34)35)15-18-31(22-13-14-22)17-5-4-10-21-12-11-20-9-6-16-28-25(20)29-21/h1-3,7-8,11-12,22-24,32H,4-6,9-10,13-18H2,(H,28,29)(H,30,33)(H,34,35)/t23-,24+/m0/s1. The molecule has 188 valence electrons. The van der Waals surface area contributed by atoms with E-state index in [1.54, 1.807) is 30.3 Å². The Kier molecular flexibility index (Phi) is 8.71. The minimum atomic E-state index is -1.38. The molecule has 1 aliphatic carbocycles. The van der Waals surface area contributed by atoms with Gasteiger partial charge in [-0.05, 0) is 75.1 Å². The highest BCUT2D eigenvalue weighted by Gasteiger charge is 2.31. The van der Waals surface area contributed by atoms with Crippen molar-refractivity contribution in [1.82, 2.24) is 15.2 Å². The zero-order valence-electron chi connectivity index (χ0n) is 20.2. The van der Waals surface area contributed by atoms with E-state index in [0.29, 0.717) is 24.6 Å². The van der Waals surface area contributed by atoms with Gasteiger partial charge in [0.15, 0.2) is 6.10 Å². The molecule has 0 saturated heterocycles. The Morgan fingerprint density at radius 2 is 1.91 bits per heavy atom. The average molecular weight is 481 g/mol. The number of aryl methyl sites for hydroxylation is 2. The lowest BCUT2D eigenvalue weighted by molar-refractivity contribution is -0.143. The molecule has 0 unspecified atom stereocenters. The van der Waals surface area contributed by atoms with Crippen molar-refractivity contribution in [3.63, 3.8) is 0 Å². The molecule has 1 aromatic heterocycles. The van der Waals surface area contributed by atoms with Crippen LogP contribution in [-0.2, 0) is 22.4 Å². The van der Waals surface area contributed by atoms with Crippen molar-refractivity contribution >= 4 is 17.7 Å². The van der Waals surface area contributed by atoms with E-state index < -0.39 is 24.0 Å². The maximum absolute atomic E-state index is 12.4. The number of hydrogen-bond donors (Lipinski definition) is 4. The summed E-state index contributed by atoms with van der Waals surface area (Å²) in [5, 5.41) is 25.8. The van der Waals surface area contributed by atoms with Crippen molar-refractivity contribution in [1.29, 1.82) is 0 Å². The third kappa shape index (κ3) is 7.26. The van der Waals surface area contributed by atoms with E-state index in [1.807, 2.05) is 0 Å². The van der Waals surface area contributed by atoms with Crippen LogP contribution in [0.5, 0.6) is 0 Å². The van der Waals surface area contributed by atoms with Crippen molar-refractivity contribution < 1.29 is 19.8 Å². The van der Waals surface area contributed by atoms with E-state index >= 15 is 0 Å². The summed E-state index contributed by atoms with van der Waals surface area (Å²) in [7, 11) is 0. The number of carbonyl (C=O) groups is 2. The summed E-state index contributed by atoms with van der Waals surface area (Å²) < 4.78 is 0. The van der Waals surface area contributed by atoms with Gasteiger partial charge in [-0.15, -0.1) is 0 Å². The number of fused-ring (bicyclic) bond motifs is 1. The van der Waals surface area contributed by atoms with Crippen LogP contribution in [-0.4, -0.2) is 63.7 Å². The van der Waals surface area contributed by atoms with Gasteiger partial charge in [0.05, 0.1) is 0 Å². The monoisotopic (exact) mass is 480 g/mol. The molecule has 2 heterocycles. The second-order valence-corrected chi connectivity index (χ2v) is 9.57. The van der Waals surface area contributed by atoms with E-state index in [2.05, 4.69) is 27.7 Å². The molecule has 2 atom stereocenters. The average Bonchev–Trinajstić information content (AvgIpc) is 3.72. The predicted molar refractivity (Wildman–Crippen MR) is 134 cm³/mol. The number of carboxylic acids is 1. The molecule has 4 N–H and O–H groups in total. The molecule has 0 spiro atoms. The first-order valence-electron chi connectivity index (χ1n) is 12.7. The van der Waals surface area contributed by atoms with Gasteiger partial charge in [-0.2, -0.15) is 0 Å². The summed E-state index contributed by atoms with van der Waals surface area (Å²) in [4.78, 5) is 31.3. The number of carboxylic acid groups (broad SMARTS) is 1. The molecule has 8 nitrogen and oxygen atoms in total. The Morgan fingerprint density at radius 3 is 2.66 bits per heavy atom. The fourth-order valence-electron chi connectivity index (χ4n) is 4.64. The van der Waals surface area contributed by atoms with Crippen LogP contribution in [0.25, 0.3) is 0 Å². The van der Waals surface area contributed by atoms with Crippen LogP contribution < -0.4 is 10.6 Å². The maximum Gasteiger partial charge on any atom is 0.326 e. The summed E-state index contributed by atoms with van der Waals surface area (Å²) >= 11 is 0. The number of aliphatic hydroxyl groups is 1. The highest BCUT2D eigenvalue weighted by Crippen LogP contribution is 2.28. The van der Waals surface area contributed by atoms with E-state index in [1.165, 1.54) is 5.56 Å². The minimum Gasteiger partial charge on any atom is -0.480 e. The fourth-order valence-corrected chi connectivity index (χ4v) is 4.64. The molecule has 4 rings (SSSR count). The number of aromatic nitrogens is 1. The molecule has 1 fully saturated rings. The number of aliphatic hydroxyl groups excluding tert-OH is 1. The van der Waals surface area contributed by atoms with Crippen LogP contribution in [0, 0.1) is 0 Å². The SMILES string of the molecule is O=C(O)[C@H](CCN(CCCCc1ccc2c(n1)NCCC2)C1CC1)NC(=O)[C@H](O)c1ccccc1. The molecule has 1 amide bonds. The molecule has 8 heteroatoms. The Bertz CT molecular complexity index is 996. The first-order chi connectivity index (χ1) is 17.0. The Hall–Kier alpha value is -2.97. The van der Waals surface area contributed by atoms with Gasteiger partial charge in [0.2, 0.25) is 0 Å². The predicted octanol–water partition coefficient (Wildman–Crippen LogP) is 2.92. The smallest absolute Gasteiger partial charge is 0.326 e. The first kappa shape index (κ1) is 25.1. The number of nitrogens with zero attached hydrogens (tertiary/aromatic N) is 2. The molecule has 0 bridgehead atoms. The molecular weight excluding hydrogens is 444 g/mol. The molecule has 2 aliphatic rings. The second-order valence-electron chi connectivity index (χ2n) is 9.57. The molecular formula is C27H36N4O4. The van der Waals surface area contributed by atoms with Crippen molar-refractivity contribution in [2.75, 3.05) is 25.0 Å². The van der Waals surface area contributed by atoms with Gasteiger partial charge >= 0.3 is 5.97 Å². The number of pyridine rings is 1. The minimum absolute atomic E-state index is 0.303. The van der Waals surface area contributed by atoms with Crippen molar-refractivity contribution in [3.8, 4) is 0 Å². The van der Waals surface area contributed by atoms with Gasteiger partial charge in [-0.25, -0.2) is 9.78 Å². The number of nitrogens with one attached hydrogen (secondary N) is 2. The topological polar surface area (TPSA) is 115 Å².